The molecule has 15 heavy (non-hydrogen) atoms. The van der Waals surface area contributed by atoms with E-state index in [1.165, 1.54) is 24.0 Å². The molecule has 1 atom stereocenters. The third kappa shape index (κ3) is 3.80. The van der Waals surface area contributed by atoms with E-state index < -0.39 is 0 Å². The second kappa shape index (κ2) is 5.61. The minimum atomic E-state index is 0.525. The van der Waals surface area contributed by atoms with Crippen LogP contribution in [-0.4, -0.2) is 0 Å². The lowest BCUT2D eigenvalue weighted by molar-refractivity contribution is 0.570. The summed E-state index contributed by atoms with van der Waals surface area (Å²) in [4.78, 5) is 0. The first kappa shape index (κ1) is 11.9. The van der Waals surface area contributed by atoms with Gasteiger partial charge < -0.3 is 0 Å². The van der Waals surface area contributed by atoms with Crippen molar-refractivity contribution in [3.63, 3.8) is 0 Å². The smallest absolute Gasteiger partial charge is 0.0249 e. The lowest BCUT2D eigenvalue weighted by Crippen LogP contribution is -2.06. The van der Waals surface area contributed by atoms with Crippen molar-refractivity contribution in [1.29, 1.82) is 0 Å². The molecule has 0 N–H and O–H groups in total. The van der Waals surface area contributed by atoms with E-state index in [0.29, 0.717) is 5.92 Å². The molecule has 0 amide bonds. The highest BCUT2D eigenvalue weighted by Crippen LogP contribution is 2.29. The average Bonchev–Trinajstić information content (AvgIpc) is 2.19. The van der Waals surface area contributed by atoms with Gasteiger partial charge in [-0.05, 0) is 51.2 Å². The maximum absolute atomic E-state index is 3.81. The fraction of sp³-hybridized carbons (Fsp3) is 0.467. The molecule has 0 radical (unpaired) electrons. The van der Waals surface area contributed by atoms with Crippen molar-refractivity contribution in [2.75, 3.05) is 0 Å². The predicted molar refractivity (Wildman–Crippen MR) is 67.4 cm³/mol. The van der Waals surface area contributed by atoms with E-state index in [9.17, 15) is 0 Å². The van der Waals surface area contributed by atoms with Crippen LogP contribution in [-0.2, 0) is 0 Å². The van der Waals surface area contributed by atoms with Gasteiger partial charge in [0.2, 0.25) is 0 Å². The zero-order valence-corrected chi connectivity index (χ0v) is 10.1. The molecular weight excluding hydrogens is 180 g/mol. The Labute approximate surface area is 93.8 Å². The number of hydrogen-bond donors (Lipinski definition) is 0. The van der Waals surface area contributed by atoms with Gasteiger partial charge in [-0.25, -0.2) is 0 Å². The first-order valence-corrected chi connectivity index (χ1v) is 5.62. The summed E-state index contributed by atoms with van der Waals surface area (Å²) in [6.45, 7) is 10.1. The van der Waals surface area contributed by atoms with Gasteiger partial charge in [0.1, 0.15) is 0 Å². The first-order chi connectivity index (χ1) is 7.13. The van der Waals surface area contributed by atoms with Crippen LogP contribution in [0.15, 0.2) is 35.5 Å². The topological polar surface area (TPSA) is 0 Å². The zero-order chi connectivity index (χ0) is 11.3. The second-order valence-corrected chi connectivity index (χ2v) is 4.29. The van der Waals surface area contributed by atoms with E-state index in [1.807, 2.05) is 6.92 Å². The van der Waals surface area contributed by atoms with Gasteiger partial charge in [0.05, 0.1) is 0 Å². The van der Waals surface area contributed by atoms with Gasteiger partial charge >= 0.3 is 0 Å². The summed E-state index contributed by atoms with van der Waals surface area (Å²) in [5.41, 5.74) is 3.97. The lowest BCUT2D eigenvalue weighted by atomic mass is 9.84. The number of allylic oxidation sites excluding steroid dienone is 5. The van der Waals surface area contributed by atoms with Crippen molar-refractivity contribution in [2.24, 2.45) is 5.92 Å². The van der Waals surface area contributed by atoms with E-state index in [0.717, 1.165) is 12.0 Å². The minimum Gasteiger partial charge on any atom is -0.0945 e. The molecule has 0 saturated carbocycles. The van der Waals surface area contributed by atoms with Gasteiger partial charge in [-0.1, -0.05) is 36.1 Å². The molecule has 1 aliphatic carbocycles. The Morgan fingerprint density at radius 1 is 1.53 bits per heavy atom. The molecule has 0 aromatic carbocycles. The highest BCUT2D eigenvalue weighted by molar-refractivity contribution is 5.31. The van der Waals surface area contributed by atoms with E-state index in [1.54, 1.807) is 0 Å². The van der Waals surface area contributed by atoms with Gasteiger partial charge in [0, 0.05) is 5.92 Å². The fourth-order valence-electron chi connectivity index (χ4n) is 1.85. The number of rotatable bonds is 1. The zero-order valence-electron chi connectivity index (χ0n) is 10.1. The molecule has 0 saturated heterocycles. The van der Waals surface area contributed by atoms with E-state index in [-0.39, 0.29) is 0 Å². The second-order valence-electron chi connectivity index (χ2n) is 4.29. The largest absolute Gasteiger partial charge is 0.0945 e. The van der Waals surface area contributed by atoms with Crippen molar-refractivity contribution < 1.29 is 0 Å². The maximum atomic E-state index is 3.81. The van der Waals surface area contributed by atoms with Crippen LogP contribution < -0.4 is 0 Å². The van der Waals surface area contributed by atoms with Crippen molar-refractivity contribution in [3.8, 4) is 11.8 Å². The van der Waals surface area contributed by atoms with E-state index in [4.69, 9.17) is 0 Å². The highest BCUT2D eigenvalue weighted by atomic mass is 14.2. The first-order valence-electron chi connectivity index (χ1n) is 5.62. The Bertz CT molecular complexity index is 355. The summed E-state index contributed by atoms with van der Waals surface area (Å²) < 4.78 is 0. The van der Waals surface area contributed by atoms with Crippen LogP contribution >= 0.6 is 0 Å². The van der Waals surface area contributed by atoms with E-state index >= 15 is 0 Å². The Hall–Kier alpha value is -1.22. The molecule has 1 aliphatic rings. The predicted octanol–water partition coefficient (Wildman–Crippen LogP) is 4.26. The molecule has 1 rings (SSSR count). The highest BCUT2D eigenvalue weighted by Gasteiger charge is 2.15. The summed E-state index contributed by atoms with van der Waals surface area (Å²) in [7, 11) is 0. The molecule has 0 heterocycles. The third-order valence-corrected chi connectivity index (χ3v) is 2.74. The van der Waals surface area contributed by atoms with Crippen LogP contribution in [0.25, 0.3) is 0 Å². The van der Waals surface area contributed by atoms with Crippen molar-refractivity contribution >= 4 is 0 Å². The molecule has 0 heteroatoms. The van der Waals surface area contributed by atoms with Gasteiger partial charge in [0.15, 0.2) is 0 Å². The van der Waals surface area contributed by atoms with Gasteiger partial charge in [-0.2, -0.15) is 0 Å². The third-order valence-electron chi connectivity index (χ3n) is 2.74. The summed E-state index contributed by atoms with van der Waals surface area (Å²) >= 11 is 0. The van der Waals surface area contributed by atoms with Crippen LogP contribution in [0.3, 0.4) is 0 Å². The molecule has 80 valence electrons. The van der Waals surface area contributed by atoms with Gasteiger partial charge in [-0.15, -0.1) is 0 Å². The monoisotopic (exact) mass is 200 g/mol. The lowest BCUT2D eigenvalue weighted by Gasteiger charge is -2.20. The van der Waals surface area contributed by atoms with E-state index in [2.05, 4.69) is 44.4 Å². The average molecular weight is 200 g/mol. The fourth-order valence-corrected chi connectivity index (χ4v) is 1.85. The van der Waals surface area contributed by atoms with Gasteiger partial charge in [0.25, 0.3) is 0 Å². The summed E-state index contributed by atoms with van der Waals surface area (Å²) in [5, 5.41) is 0. The molecule has 0 aliphatic heterocycles. The number of hydrogen-bond acceptors (Lipinski definition) is 0. The van der Waals surface area contributed by atoms with Crippen LogP contribution in [0.1, 0.15) is 40.0 Å². The normalized spacial score (nSPS) is 21.4. The van der Waals surface area contributed by atoms with Crippen LogP contribution in [0.5, 0.6) is 0 Å². The Morgan fingerprint density at radius 3 is 2.87 bits per heavy atom. The summed E-state index contributed by atoms with van der Waals surface area (Å²) in [5.74, 6) is 6.94. The molecule has 0 spiro atoms. The summed E-state index contributed by atoms with van der Waals surface area (Å²) in [6, 6.07) is 0. The molecule has 0 fully saturated rings. The van der Waals surface area contributed by atoms with Crippen LogP contribution in [0, 0.1) is 17.8 Å². The standard InChI is InChI=1S/C15H20/c1-5-6-15-11-14(9-7-12(2)3)10-8-13(15)4/h5-6,14H,2,8,10-11H2,1,3-4H3/b6-5-. The summed E-state index contributed by atoms with van der Waals surface area (Å²) in [6.07, 6.45) is 7.84. The Balaban J connectivity index is 2.72. The van der Waals surface area contributed by atoms with Crippen molar-refractivity contribution in [1.82, 2.24) is 0 Å². The molecule has 0 nitrogen and oxygen atoms in total. The SMILES string of the molecule is C=C(C)C#CC1CCC(C)=C(/C=C\C)C1. The Kier molecular flexibility index (Phi) is 4.43. The quantitative estimate of drug-likeness (QED) is 0.555. The molecule has 0 aromatic heterocycles. The molecular formula is C15H20. The molecule has 0 aromatic rings. The van der Waals surface area contributed by atoms with Crippen molar-refractivity contribution in [2.45, 2.75) is 40.0 Å². The maximum Gasteiger partial charge on any atom is 0.0249 e. The van der Waals surface area contributed by atoms with Crippen LogP contribution in [0.2, 0.25) is 0 Å². The van der Waals surface area contributed by atoms with Crippen molar-refractivity contribution in [3.05, 3.63) is 35.5 Å². The van der Waals surface area contributed by atoms with Gasteiger partial charge in [-0.3, -0.25) is 0 Å². The molecule has 1 unspecified atom stereocenters. The Morgan fingerprint density at radius 2 is 2.27 bits per heavy atom. The molecule has 0 bridgehead atoms. The minimum absolute atomic E-state index is 0.525. The van der Waals surface area contributed by atoms with Crippen LogP contribution in [0.4, 0.5) is 0 Å².